The molecular weight excluding hydrogens is 328 g/mol. The number of hydrogen-bond acceptors (Lipinski definition) is 4. The lowest BCUT2D eigenvalue weighted by atomic mass is 9.99. The monoisotopic (exact) mass is 346 g/mol. The summed E-state index contributed by atoms with van der Waals surface area (Å²) in [6.07, 6.45) is 2.13. The zero-order valence-electron chi connectivity index (χ0n) is 10.8. The molecule has 1 aliphatic rings. The molecule has 0 aromatic carbocycles. The average molecular weight is 347 g/mol. The number of hydrogen-bond donors (Lipinski definition) is 2. The fraction of sp³-hybridized carbons (Fsp3) is 0.615. The summed E-state index contributed by atoms with van der Waals surface area (Å²) >= 11 is 5.03. The van der Waals surface area contributed by atoms with Crippen LogP contribution in [0.25, 0.3) is 0 Å². The molecule has 1 atom stereocenters. The van der Waals surface area contributed by atoms with Crippen LogP contribution in [0.4, 0.5) is 0 Å². The molecule has 1 amide bonds. The van der Waals surface area contributed by atoms with Gasteiger partial charge in [-0.2, -0.15) is 0 Å². The quantitative estimate of drug-likeness (QED) is 0.855. The highest BCUT2D eigenvalue weighted by atomic mass is 79.9. The maximum atomic E-state index is 11.9. The average Bonchev–Trinajstić information content (AvgIpc) is 2.82. The van der Waals surface area contributed by atoms with Gasteiger partial charge < -0.3 is 10.4 Å². The summed E-state index contributed by atoms with van der Waals surface area (Å²) in [6.45, 7) is 3.03. The van der Waals surface area contributed by atoms with Crippen LogP contribution in [0.3, 0.4) is 0 Å². The number of aliphatic hydroxyl groups excluding tert-OH is 1. The van der Waals surface area contributed by atoms with Gasteiger partial charge in [0.2, 0.25) is 5.91 Å². The minimum Gasteiger partial charge on any atom is -0.396 e. The summed E-state index contributed by atoms with van der Waals surface area (Å²) in [5, 5.41) is 14.1. The van der Waals surface area contributed by atoms with Gasteiger partial charge in [-0.15, -0.1) is 11.3 Å². The molecule has 0 saturated carbocycles. The third-order valence-corrected chi connectivity index (χ3v) is 5.01. The van der Waals surface area contributed by atoms with Crippen molar-refractivity contribution in [2.45, 2.75) is 19.4 Å². The highest BCUT2D eigenvalue weighted by molar-refractivity contribution is 9.10. The van der Waals surface area contributed by atoms with E-state index in [0.29, 0.717) is 19.0 Å². The molecule has 0 spiro atoms. The summed E-state index contributed by atoms with van der Waals surface area (Å²) in [7, 11) is 0. The fourth-order valence-electron chi connectivity index (χ4n) is 2.34. The molecule has 4 nitrogen and oxygen atoms in total. The van der Waals surface area contributed by atoms with Crippen LogP contribution in [-0.4, -0.2) is 42.2 Å². The molecule has 1 aromatic rings. The van der Waals surface area contributed by atoms with Crippen molar-refractivity contribution in [3.8, 4) is 0 Å². The highest BCUT2D eigenvalue weighted by Gasteiger charge is 2.20. The van der Waals surface area contributed by atoms with Gasteiger partial charge in [0.15, 0.2) is 0 Å². The Bertz CT molecular complexity index is 425. The van der Waals surface area contributed by atoms with E-state index < -0.39 is 0 Å². The van der Waals surface area contributed by atoms with E-state index in [9.17, 15) is 4.79 Å². The van der Waals surface area contributed by atoms with Crippen molar-refractivity contribution in [3.63, 3.8) is 0 Å². The number of amides is 1. The number of halogens is 1. The summed E-state index contributed by atoms with van der Waals surface area (Å²) in [5.41, 5.74) is 0. The Hall–Kier alpha value is -0.430. The topological polar surface area (TPSA) is 52.6 Å². The van der Waals surface area contributed by atoms with Crippen LogP contribution in [0.15, 0.2) is 15.9 Å². The Kier molecular flexibility index (Phi) is 5.81. The molecule has 1 aliphatic heterocycles. The van der Waals surface area contributed by atoms with E-state index in [1.165, 1.54) is 0 Å². The normalized spacial score (nSPS) is 20.4. The van der Waals surface area contributed by atoms with E-state index in [2.05, 4.69) is 26.1 Å². The predicted molar refractivity (Wildman–Crippen MR) is 80.1 cm³/mol. The SMILES string of the molecule is O=C(CN1CCCC(CO)C1)NCc1cc(Br)cs1. The molecule has 2 heterocycles. The number of thiophene rings is 1. The maximum Gasteiger partial charge on any atom is 0.234 e. The molecular formula is C13H19BrN2O2S. The van der Waals surface area contributed by atoms with E-state index in [1.54, 1.807) is 11.3 Å². The molecule has 1 saturated heterocycles. The first kappa shape index (κ1) is 15.0. The minimum atomic E-state index is 0.0584. The Morgan fingerprint density at radius 3 is 3.16 bits per heavy atom. The molecule has 6 heteroatoms. The van der Waals surface area contributed by atoms with Crippen molar-refractivity contribution in [1.29, 1.82) is 0 Å². The lowest BCUT2D eigenvalue weighted by Gasteiger charge is -2.31. The molecule has 2 rings (SSSR count). The summed E-state index contributed by atoms with van der Waals surface area (Å²) in [4.78, 5) is 15.1. The molecule has 1 fully saturated rings. The second-order valence-electron chi connectivity index (χ2n) is 4.93. The van der Waals surface area contributed by atoms with Crippen molar-refractivity contribution < 1.29 is 9.90 Å². The molecule has 0 radical (unpaired) electrons. The first-order valence-electron chi connectivity index (χ1n) is 6.50. The van der Waals surface area contributed by atoms with E-state index in [4.69, 9.17) is 5.11 Å². The highest BCUT2D eigenvalue weighted by Crippen LogP contribution is 2.19. The van der Waals surface area contributed by atoms with E-state index in [1.807, 2.05) is 11.4 Å². The standard InChI is InChI=1S/C13H19BrN2O2S/c14-11-4-12(19-9-11)5-15-13(18)7-16-3-1-2-10(6-16)8-17/h4,9-10,17H,1-3,5-8H2,(H,15,18). The Labute approximate surface area is 125 Å². The molecule has 106 valence electrons. The van der Waals surface area contributed by atoms with Crippen LogP contribution >= 0.6 is 27.3 Å². The zero-order valence-corrected chi connectivity index (χ0v) is 13.2. The third kappa shape index (κ3) is 4.87. The molecule has 2 N–H and O–H groups in total. The number of aliphatic hydroxyl groups is 1. The number of piperidine rings is 1. The number of nitrogens with zero attached hydrogens (tertiary/aromatic N) is 1. The zero-order chi connectivity index (χ0) is 13.7. The van der Waals surface area contributed by atoms with E-state index in [-0.39, 0.29) is 12.5 Å². The Morgan fingerprint density at radius 1 is 1.63 bits per heavy atom. The molecule has 0 aliphatic carbocycles. The predicted octanol–water partition coefficient (Wildman–Crippen LogP) is 1.83. The number of likely N-dealkylation sites (tertiary alicyclic amines) is 1. The number of carbonyl (C=O) groups excluding carboxylic acids is 1. The van der Waals surface area contributed by atoms with E-state index >= 15 is 0 Å². The summed E-state index contributed by atoms with van der Waals surface area (Å²) < 4.78 is 1.06. The number of carbonyl (C=O) groups is 1. The van der Waals surface area contributed by atoms with Crippen molar-refractivity contribution in [2.24, 2.45) is 5.92 Å². The van der Waals surface area contributed by atoms with Gasteiger partial charge in [0.1, 0.15) is 0 Å². The second-order valence-corrected chi connectivity index (χ2v) is 6.85. The van der Waals surface area contributed by atoms with Crippen LogP contribution in [0.1, 0.15) is 17.7 Å². The second kappa shape index (κ2) is 7.38. The van der Waals surface area contributed by atoms with Crippen LogP contribution in [-0.2, 0) is 11.3 Å². The minimum absolute atomic E-state index is 0.0584. The van der Waals surface area contributed by atoms with Gasteiger partial charge in [0.05, 0.1) is 13.1 Å². The lowest BCUT2D eigenvalue weighted by molar-refractivity contribution is -0.122. The fourth-order valence-corrected chi connectivity index (χ4v) is 3.73. The van der Waals surface area contributed by atoms with Crippen LogP contribution in [0.5, 0.6) is 0 Å². The van der Waals surface area contributed by atoms with Crippen molar-refractivity contribution >= 4 is 33.2 Å². The third-order valence-electron chi connectivity index (χ3n) is 3.31. The maximum absolute atomic E-state index is 11.9. The van der Waals surface area contributed by atoms with Gasteiger partial charge in [-0.3, -0.25) is 9.69 Å². The van der Waals surface area contributed by atoms with Crippen LogP contribution in [0.2, 0.25) is 0 Å². The number of nitrogens with one attached hydrogen (secondary N) is 1. The summed E-state index contributed by atoms with van der Waals surface area (Å²) in [6, 6.07) is 2.02. The summed E-state index contributed by atoms with van der Waals surface area (Å²) in [5.74, 6) is 0.387. The molecule has 19 heavy (non-hydrogen) atoms. The smallest absolute Gasteiger partial charge is 0.234 e. The first-order valence-corrected chi connectivity index (χ1v) is 8.17. The Balaban J connectivity index is 1.72. The lowest BCUT2D eigenvalue weighted by Crippen LogP contribution is -2.43. The molecule has 1 aromatic heterocycles. The molecule has 0 bridgehead atoms. The first-order chi connectivity index (χ1) is 9.17. The largest absolute Gasteiger partial charge is 0.396 e. The number of rotatable bonds is 5. The van der Waals surface area contributed by atoms with Gasteiger partial charge >= 0.3 is 0 Å². The van der Waals surface area contributed by atoms with Gasteiger partial charge in [-0.1, -0.05) is 0 Å². The van der Waals surface area contributed by atoms with Gasteiger partial charge in [0.25, 0.3) is 0 Å². The van der Waals surface area contributed by atoms with Crippen molar-refractivity contribution in [3.05, 3.63) is 20.8 Å². The van der Waals surface area contributed by atoms with Gasteiger partial charge in [-0.25, -0.2) is 0 Å². The van der Waals surface area contributed by atoms with Crippen LogP contribution in [0, 0.1) is 5.92 Å². The van der Waals surface area contributed by atoms with Crippen molar-refractivity contribution in [2.75, 3.05) is 26.2 Å². The van der Waals surface area contributed by atoms with Gasteiger partial charge in [-0.05, 0) is 47.3 Å². The van der Waals surface area contributed by atoms with E-state index in [0.717, 1.165) is 35.3 Å². The molecule has 1 unspecified atom stereocenters. The van der Waals surface area contributed by atoms with Crippen molar-refractivity contribution in [1.82, 2.24) is 10.2 Å². The van der Waals surface area contributed by atoms with Gasteiger partial charge in [0, 0.05) is 27.9 Å². The Morgan fingerprint density at radius 2 is 2.47 bits per heavy atom. The van der Waals surface area contributed by atoms with Crippen LogP contribution < -0.4 is 5.32 Å².